The number of aromatic nitrogens is 2. The Bertz CT molecular complexity index is 920. The molecule has 1 fully saturated rings. The Labute approximate surface area is 136 Å². The van der Waals surface area contributed by atoms with Crippen LogP contribution in [0.4, 0.5) is 5.69 Å². The van der Waals surface area contributed by atoms with E-state index in [1.54, 1.807) is 25.2 Å². The van der Waals surface area contributed by atoms with E-state index in [1.165, 1.54) is 30.9 Å². The first-order chi connectivity index (χ1) is 11.3. The van der Waals surface area contributed by atoms with E-state index in [9.17, 15) is 14.4 Å². The van der Waals surface area contributed by atoms with Gasteiger partial charge in [0.25, 0.3) is 11.3 Å². The molecular formula is C16H15N3O5. The van der Waals surface area contributed by atoms with Gasteiger partial charge in [0.1, 0.15) is 0 Å². The van der Waals surface area contributed by atoms with E-state index in [0.717, 1.165) is 0 Å². The third-order valence-corrected chi connectivity index (χ3v) is 3.42. The van der Waals surface area contributed by atoms with Crippen LogP contribution in [0.5, 0.6) is 0 Å². The normalized spacial score (nSPS) is 16.5. The van der Waals surface area contributed by atoms with Gasteiger partial charge in [0.15, 0.2) is 5.57 Å². The number of fused-ring (bicyclic) bond motifs is 1. The molecule has 0 unspecified atom stereocenters. The topological polar surface area (TPSA) is 99.5 Å². The third-order valence-electron chi connectivity index (χ3n) is 3.42. The number of cyclic esters (lactones) is 2. The van der Waals surface area contributed by atoms with Crippen molar-refractivity contribution in [1.29, 1.82) is 0 Å². The maximum absolute atomic E-state index is 12.1. The zero-order valence-electron chi connectivity index (χ0n) is 13.3. The lowest BCUT2D eigenvalue weighted by Gasteiger charge is -2.29. The molecule has 1 saturated heterocycles. The number of ether oxygens (including phenoxy) is 2. The first-order valence-corrected chi connectivity index (χ1v) is 7.16. The average Bonchev–Trinajstić information content (AvgIpc) is 2.49. The third kappa shape index (κ3) is 2.85. The van der Waals surface area contributed by atoms with Crippen molar-refractivity contribution in [3.05, 3.63) is 46.7 Å². The SMILES string of the molecule is Cn1cnc2ccc(NC=C3C(=O)OC(C)(C)OC3=O)cc2c1=O. The molecule has 0 amide bonds. The minimum Gasteiger partial charge on any atom is -0.419 e. The molecule has 0 radical (unpaired) electrons. The summed E-state index contributed by atoms with van der Waals surface area (Å²) < 4.78 is 11.4. The smallest absolute Gasteiger partial charge is 0.350 e. The lowest BCUT2D eigenvalue weighted by Crippen LogP contribution is -2.42. The second-order valence-corrected chi connectivity index (χ2v) is 5.77. The zero-order chi connectivity index (χ0) is 17.5. The standard InChI is InChI=1S/C16H15N3O5/c1-16(2)23-14(21)11(15(22)24-16)7-17-9-4-5-12-10(6-9)13(20)19(3)8-18-12/h4-8,17H,1-3H3. The van der Waals surface area contributed by atoms with Crippen molar-refractivity contribution >= 4 is 28.5 Å². The van der Waals surface area contributed by atoms with Crippen LogP contribution in [0.1, 0.15) is 13.8 Å². The average molecular weight is 329 g/mol. The molecule has 0 aliphatic carbocycles. The summed E-state index contributed by atoms with van der Waals surface area (Å²) in [5.74, 6) is -2.84. The van der Waals surface area contributed by atoms with Crippen LogP contribution in [-0.4, -0.2) is 27.3 Å². The van der Waals surface area contributed by atoms with Gasteiger partial charge in [0.2, 0.25) is 0 Å². The van der Waals surface area contributed by atoms with Gasteiger partial charge in [-0.2, -0.15) is 0 Å². The van der Waals surface area contributed by atoms with Crippen LogP contribution < -0.4 is 10.9 Å². The van der Waals surface area contributed by atoms with Crippen molar-refractivity contribution in [2.24, 2.45) is 7.05 Å². The van der Waals surface area contributed by atoms with Gasteiger partial charge in [0, 0.05) is 32.8 Å². The molecule has 3 rings (SSSR count). The molecule has 1 aromatic carbocycles. The lowest BCUT2D eigenvalue weighted by atomic mass is 10.2. The number of rotatable bonds is 2. The van der Waals surface area contributed by atoms with Gasteiger partial charge in [0.05, 0.1) is 17.2 Å². The Hall–Kier alpha value is -3.16. The van der Waals surface area contributed by atoms with Crippen molar-refractivity contribution in [3.63, 3.8) is 0 Å². The number of anilines is 1. The van der Waals surface area contributed by atoms with Crippen molar-refractivity contribution < 1.29 is 19.1 Å². The molecule has 8 nitrogen and oxygen atoms in total. The van der Waals surface area contributed by atoms with Crippen LogP contribution in [0.15, 0.2) is 41.1 Å². The highest BCUT2D eigenvalue weighted by molar-refractivity contribution is 6.15. The Kier molecular flexibility index (Phi) is 3.59. The Morgan fingerprint density at radius 3 is 2.50 bits per heavy atom. The number of carbonyl (C=O) groups is 2. The Morgan fingerprint density at radius 1 is 1.17 bits per heavy atom. The highest BCUT2D eigenvalue weighted by Gasteiger charge is 2.38. The van der Waals surface area contributed by atoms with Gasteiger partial charge in [-0.15, -0.1) is 0 Å². The van der Waals surface area contributed by atoms with E-state index in [1.807, 2.05) is 0 Å². The summed E-state index contributed by atoms with van der Waals surface area (Å²) in [6.07, 6.45) is 2.64. The van der Waals surface area contributed by atoms with Gasteiger partial charge in [-0.25, -0.2) is 14.6 Å². The van der Waals surface area contributed by atoms with Gasteiger partial charge in [-0.1, -0.05) is 0 Å². The van der Waals surface area contributed by atoms with E-state index in [-0.39, 0.29) is 11.1 Å². The molecule has 2 aromatic rings. The van der Waals surface area contributed by atoms with Crippen molar-refractivity contribution in [2.75, 3.05) is 5.32 Å². The van der Waals surface area contributed by atoms with E-state index in [4.69, 9.17) is 9.47 Å². The number of hydrogen-bond donors (Lipinski definition) is 1. The molecular weight excluding hydrogens is 314 g/mol. The number of nitrogens with one attached hydrogen (secondary N) is 1. The summed E-state index contributed by atoms with van der Waals surface area (Å²) in [6, 6.07) is 4.93. The molecule has 1 aliphatic rings. The fourth-order valence-corrected chi connectivity index (χ4v) is 2.23. The highest BCUT2D eigenvalue weighted by atomic mass is 16.7. The van der Waals surface area contributed by atoms with Crippen LogP contribution in [0, 0.1) is 0 Å². The van der Waals surface area contributed by atoms with Gasteiger partial charge >= 0.3 is 11.9 Å². The molecule has 1 aliphatic heterocycles. The molecule has 0 bridgehead atoms. The molecule has 2 heterocycles. The molecule has 124 valence electrons. The number of carbonyl (C=O) groups excluding carboxylic acids is 2. The predicted octanol–water partition coefficient (Wildman–Crippen LogP) is 1.07. The Morgan fingerprint density at radius 2 is 1.83 bits per heavy atom. The number of aryl methyl sites for hydroxylation is 1. The molecule has 0 atom stereocenters. The maximum Gasteiger partial charge on any atom is 0.350 e. The minimum absolute atomic E-state index is 0.200. The summed E-state index contributed by atoms with van der Waals surface area (Å²) in [6.45, 7) is 2.94. The summed E-state index contributed by atoms with van der Waals surface area (Å²) in [5, 5.41) is 3.22. The number of nitrogens with zero attached hydrogens (tertiary/aromatic N) is 2. The molecule has 0 spiro atoms. The monoisotopic (exact) mass is 329 g/mol. The minimum atomic E-state index is -1.29. The largest absolute Gasteiger partial charge is 0.419 e. The first kappa shape index (κ1) is 15.7. The Balaban J connectivity index is 1.90. The maximum atomic E-state index is 12.1. The van der Waals surface area contributed by atoms with E-state index in [0.29, 0.717) is 16.6 Å². The van der Waals surface area contributed by atoms with Crippen molar-refractivity contribution in [2.45, 2.75) is 19.6 Å². The van der Waals surface area contributed by atoms with Crippen molar-refractivity contribution in [1.82, 2.24) is 9.55 Å². The summed E-state index contributed by atoms with van der Waals surface area (Å²) >= 11 is 0. The summed E-state index contributed by atoms with van der Waals surface area (Å²) in [7, 11) is 1.60. The van der Waals surface area contributed by atoms with Crippen LogP contribution in [0.2, 0.25) is 0 Å². The second kappa shape index (κ2) is 5.48. The highest BCUT2D eigenvalue weighted by Crippen LogP contribution is 2.23. The van der Waals surface area contributed by atoms with Gasteiger partial charge in [-0.3, -0.25) is 4.79 Å². The number of esters is 2. The van der Waals surface area contributed by atoms with Gasteiger partial charge < -0.3 is 19.4 Å². The quantitative estimate of drug-likeness (QED) is 0.499. The molecule has 1 N–H and O–H groups in total. The van der Waals surface area contributed by atoms with Crippen LogP contribution in [0.3, 0.4) is 0 Å². The predicted molar refractivity (Wildman–Crippen MR) is 85.0 cm³/mol. The van der Waals surface area contributed by atoms with Crippen LogP contribution in [0.25, 0.3) is 10.9 Å². The first-order valence-electron chi connectivity index (χ1n) is 7.16. The number of hydrogen-bond acceptors (Lipinski definition) is 7. The second-order valence-electron chi connectivity index (χ2n) is 5.77. The number of benzene rings is 1. The fraction of sp³-hybridized carbons (Fsp3) is 0.250. The molecule has 1 aromatic heterocycles. The van der Waals surface area contributed by atoms with Crippen LogP contribution in [-0.2, 0) is 26.1 Å². The van der Waals surface area contributed by atoms with E-state index >= 15 is 0 Å². The summed E-state index contributed by atoms with van der Waals surface area (Å²) in [5.41, 5.74) is 0.614. The molecule has 8 heteroatoms. The summed E-state index contributed by atoms with van der Waals surface area (Å²) in [4.78, 5) is 40.0. The fourth-order valence-electron chi connectivity index (χ4n) is 2.23. The molecule has 0 saturated carbocycles. The van der Waals surface area contributed by atoms with Crippen LogP contribution >= 0.6 is 0 Å². The van der Waals surface area contributed by atoms with Crippen molar-refractivity contribution in [3.8, 4) is 0 Å². The van der Waals surface area contributed by atoms with E-state index < -0.39 is 17.7 Å². The zero-order valence-corrected chi connectivity index (χ0v) is 13.3. The van der Waals surface area contributed by atoms with E-state index in [2.05, 4.69) is 10.3 Å². The lowest BCUT2D eigenvalue weighted by molar-refractivity contribution is -0.222. The van der Waals surface area contributed by atoms with Gasteiger partial charge in [-0.05, 0) is 18.2 Å². The molecule has 24 heavy (non-hydrogen) atoms.